The molecule has 10 heteroatoms. The smallest absolute Gasteiger partial charge is 0.406 e. The molecular weight excluding hydrogens is 339 g/mol. The third-order valence-electron chi connectivity index (χ3n) is 2.90. The molecule has 0 aliphatic rings. The van der Waals surface area contributed by atoms with Gasteiger partial charge in [-0.2, -0.15) is 0 Å². The second-order valence-corrected chi connectivity index (χ2v) is 5.11. The summed E-state index contributed by atoms with van der Waals surface area (Å²) in [5.74, 6) is 0.759. The molecule has 2 rings (SSSR count). The van der Waals surface area contributed by atoms with Crippen molar-refractivity contribution in [1.29, 1.82) is 0 Å². The predicted molar refractivity (Wildman–Crippen MR) is 85.3 cm³/mol. The Morgan fingerprint density at radius 2 is 1.88 bits per heavy atom. The number of nitrogens with one attached hydrogen (secondary N) is 2. The Morgan fingerprint density at radius 1 is 1.20 bits per heavy atom. The van der Waals surface area contributed by atoms with Gasteiger partial charge in [0.15, 0.2) is 0 Å². The van der Waals surface area contributed by atoms with Crippen LogP contribution in [0.2, 0.25) is 0 Å². The Balaban J connectivity index is 1.87. The summed E-state index contributed by atoms with van der Waals surface area (Å²) < 4.78 is 40.0. The highest BCUT2D eigenvalue weighted by Gasteiger charge is 2.30. The number of alkyl halides is 3. The number of anilines is 2. The Morgan fingerprint density at radius 3 is 2.48 bits per heavy atom. The van der Waals surface area contributed by atoms with Crippen LogP contribution in [-0.4, -0.2) is 36.5 Å². The fraction of sp³-hybridized carbons (Fsp3) is 0.267. The van der Waals surface area contributed by atoms with Crippen LogP contribution < -0.4 is 20.3 Å². The first-order chi connectivity index (χ1) is 11.7. The number of hydrogen-bond donors (Lipinski definition) is 2. The highest BCUT2D eigenvalue weighted by atomic mass is 19.4. The van der Waals surface area contributed by atoms with Crippen LogP contribution in [-0.2, 0) is 6.54 Å². The van der Waals surface area contributed by atoms with E-state index in [1.165, 1.54) is 12.1 Å². The molecule has 2 N–H and O–H groups in total. The maximum atomic E-state index is 12.1. The molecule has 25 heavy (non-hydrogen) atoms. The summed E-state index contributed by atoms with van der Waals surface area (Å²) >= 11 is 0. The van der Waals surface area contributed by atoms with Crippen LogP contribution in [0.5, 0.6) is 5.75 Å². The van der Waals surface area contributed by atoms with E-state index in [4.69, 9.17) is 0 Å². The van der Waals surface area contributed by atoms with Crippen molar-refractivity contribution in [2.75, 3.05) is 24.3 Å². The summed E-state index contributed by atoms with van der Waals surface area (Å²) in [5, 5.41) is 5.05. The van der Waals surface area contributed by atoms with Crippen LogP contribution in [0.1, 0.15) is 5.82 Å². The van der Waals surface area contributed by atoms with E-state index in [9.17, 15) is 18.0 Å². The van der Waals surface area contributed by atoms with E-state index >= 15 is 0 Å². The Labute approximate surface area is 141 Å². The summed E-state index contributed by atoms with van der Waals surface area (Å²) in [6, 6.07) is 5.99. The first kappa shape index (κ1) is 18.3. The number of ether oxygens (including phenoxy) is 1. The van der Waals surface area contributed by atoms with Crippen molar-refractivity contribution in [2.24, 2.45) is 0 Å². The minimum absolute atomic E-state index is 0.1000. The predicted octanol–water partition coefficient (Wildman–Crippen LogP) is 2.76. The molecule has 0 unspecified atom stereocenters. The number of rotatable bonds is 5. The topological polar surface area (TPSA) is 79.4 Å². The highest BCUT2D eigenvalue weighted by Crippen LogP contribution is 2.23. The Bertz CT molecular complexity index is 720. The maximum absolute atomic E-state index is 12.1. The monoisotopic (exact) mass is 355 g/mol. The molecule has 0 atom stereocenters. The van der Waals surface area contributed by atoms with Crippen LogP contribution in [0.25, 0.3) is 0 Å². The van der Waals surface area contributed by atoms with Gasteiger partial charge in [-0.25, -0.2) is 14.8 Å². The van der Waals surface area contributed by atoms with E-state index in [1.54, 1.807) is 17.2 Å². The third kappa shape index (κ3) is 6.16. The number of nitrogens with zero attached hydrogens (tertiary/aromatic N) is 3. The summed E-state index contributed by atoms with van der Waals surface area (Å²) in [5.41, 5.74) is 0.315. The molecule has 0 spiro atoms. The van der Waals surface area contributed by atoms with Gasteiger partial charge in [0.25, 0.3) is 0 Å². The molecular formula is C15H16F3N5O2. The molecule has 0 saturated heterocycles. The second kappa shape index (κ2) is 7.69. The van der Waals surface area contributed by atoms with Crippen LogP contribution in [0.3, 0.4) is 0 Å². The number of aromatic nitrogens is 2. The number of halogens is 3. The van der Waals surface area contributed by atoms with Gasteiger partial charge < -0.3 is 20.3 Å². The van der Waals surface area contributed by atoms with E-state index in [2.05, 4.69) is 25.3 Å². The lowest BCUT2D eigenvalue weighted by atomic mass is 10.3. The normalized spacial score (nSPS) is 10.9. The van der Waals surface area contributed by atoms with Crippen molar-refractivity contribution in [2.45, 2.75) is 12.9 Å². The molecule has 0 bridgehead atoms. The largest absolute Gasteiger partial charge is 0.573 e. The van der Waals surface area contributed by atoms with E-state index in [-0.39, 0.29) is 12.3 Å². The quantitative estimate of drug-likeness (QED) is 0.862. The van der Waals surface area contributed by atoms with Gasteiger partial charge in [-0.15, -0.1) is 13.2 Å². The van der Waals surface area contributed by atoms with Crippen molar-refractivity contribution < 1.29 is 22.7 Å². The molecule has 0 aliphatic carbocycles. The lowest BCUT2D eigenvalue weighted by Crippen LogP contribution is -2.29. The molecule has 0 saturated carbocycles. The van der Waals surface area contributed by atoms with Gasteiger partial charge in [-0.1, -0.05) is 0 Å². The third-order valence-corrected chi connectivity index (χ3v) is 2.90. The minimum atomic E-state index is -4.76. The molecule has 134 valence electrons. The van der Waals surface area contributed by atoms with E-state index in [1.807, 2.05) is 14.1 Å². The van der Waals surface area contributed by atoms with Crippen LogP contribution in [0.15, 0.2) is 36.5 Å². The first-order valence-electron chi connectivity index (χ1n) is 7.13. The molecule has 1 heterocycles. The number of amides is 2. The molecule has 0 aliphatic heterocycles. The van der Waals surface area contributed by atoms with Crippen LogP contribution >= 0.6 is 0 Å². The first-order valence-corrected chi connectivity index (χ1v) is 7.13. The Hall–Kier alpha value is -3.04. The highest BCUT2D eigenvalue weighted by molar-refractivity contribution is 5.89. The maximum Gasteiger partial charge on any atom is 0.573 e. The van der Waals surface area contributed by atoms with Crippen LogP contribution in [0, 0.1) is 0 Å². The number of carbonyl (C=O) groups is 1. The molecule has 1 aromatic carbocycles. The van der Waals surface area contributed by atoms with E-state index in [0.717, 1.165) is 12.1 Å². The van der Waals surface area contributed by atoms with E-state index < -0.39 is 12.4 Å². The lowest BCUT2D eigenvalue weighted by molar-refractivity contribution is -0.274. The number of carbonyl (C=O) groups excluding carboxylic acids is 1. The minimum Gasteiger partial charge on any atom is -0.406 e. The van der Waals surface area contributed by atoms with Gasteiger partial charge in [-0.05, 0) is 30.3 Å². The van der Waals surface area contributed by atoms with Gasteiger partial charge in [0, 0.05) is 26.0 Å². The Kier molecular flexibility index (Phi) is 5.63. The van der Waals surface area contributed by atoms with Crippen molar-refractivity contribution in [1.82, 2.24) is 15.3 Å². The number of benzene rings is 1. The van der Waals surface area contributed by atoms with Crippen molar-refractivity contribution in [3.05, 3.63) is 42.4 Å². The van der Waals surface area contributed by atoms with Crippen molar-refractivity contribution in [3.63, 3.8) is 0 Å². The fourth-order valence-electron chi connectivity index (χ4n) is 1.80. The van der Waals surface area contributed by atoms with Gasteiger partial charge in [-0.3, -0.25) is 0 Å². The summed E-state index contributed by atoms with van der Waals surface area (Å²) in [7, 11) is 3.66. The second-order valence-electron chi connectivity index (χ2n) is 5.11. The standard InChI is InChI=1S/C15H16F3N5O2/c1-23(2)13-7-8-19-12(22-13)9-20-14(24)21-10-3-5-11(6-4-10)25-15(16,17)18/h3-8H,9H2,1-2H3,(H2,20,21,24). The molecule has 2 aromatic rings. The van der Waals surface area contributed by atoms with E-state index in [0.29, 0.717) is 17.3 Å². The molecule has 0 fully saturated rings. The molecule has 0 radical (unpaired) electrons. The SMILES string of the molecule is CN(C)c1ccnc(CNC(=O)Nc2ccc(OC(F)(F)F)cc2)n1. The molecule has 1 aromatic heterocycles. The lowest BCUT2D eigenvalue weighted by Gasteiger charge is -2.12. The van der Waals surface area contributed by atoms with Crippen molar-refractivity contribution >= 4 is 17.5 Å². The molecule has 7 nitrogen and oxygen atoms in total. The summed E-state index contributed by atoms with van der Waals surface area (Å²) in [4.78, 5) is 21.9. The van der Waals surface area contributed by atoms with Gasteiger partial charge in [0.2, 0.25) is 0 Å². The average Bonchev–Trinajstić information content (AvgIpc) is 2.54. The average molecular weight is 355 g/mol. The summed E-state index contributed by atoms with van der Waals surface area (Å²) in [6.45, 7) is 0.1000. The fourth-order valence-corrected chi connectivity index (χ4v) is 1.80. The van der Waals surface area contributed by atoms with Gasteiger partial charge in [0.05, 0.1) is 6.54 Å². The molecule has 2 amide bonds. The van der Waals surface area contributed by atoms with Gasteiger partial charge in [0.1, 0.15) is 17.4 Å². The summed E-state index contributed by atoms with van der Waals surface area (Å²) in [6.07, 6.45) is -3.18. The van der Waals surface area contributed by atoms with Crippen molar-refractivity contribution in [3.8, 4) is 5.75 Å². The zero-order valence-corrected chi connectivity index (χ0v) is 13.5. The number of urea groups is 1. The van der Waals surface area contributed by atoms with Gasteiger partial charge >= 0.3 is 12.4 Å². The van der Waals surface area contributed by atoms with Crippen LogP contribution in [0.4, 0.5) is 29.5 Å². The number of hydrogen-bond acceptors (Lipinski definition) is 5. The zero-order chi connectivity index (χ0) is 18.4. The zero-order valence-electron chi connectivity index (χ0n) is 13.5.